The first-order valence-electron chi connectivity index (χ1n) is 15.4. The molecule has 5 aromatic rings. The van der Waals surface area contributed by atoms with Crippen molar-refractivity contribution in [3.05, 3.63) is 90.2 Å². The fourth-order valence-electron chi connectivity index (χ4n) is 6.73. The summed E-state index contributed by atoms with van der Waals surface area (Å²) in [6.45, 7) is 9.88. The van der Waals surface area contributed by atoms with E-state index in [9.17, 15) is 14.4 Å². The first-order chi connectivity index (χ1) is 21.1. The molecule has 4 heterocycles. The van der Waals surface area contributed by atoms with E-state index in [4.69, 9.17) is 4.98 Å². The smallest absolute Gasteiger partial charge is 0.295 e. The zero-order valence-corrected chi connectivity index (χ0v) is 27.9. The van der Waals surface area contributed by atoms with Crippen molar-refractivity contribution >= 4 is 39.1 Å². The molecular formula is C34H39N5O3S2. The van der Waals surface area contributed by atoms with Gasteiger partial charge in [-0.2, -0.15) is 0 Å². The molecule has 0 N–H and O–H groups in total. The van der Waals surface area contributed by atoms with E-state index in [2.05, 4.69) is 6.92 Å². The number of aromatic nitrogens is 5. The maximum Gasteiger partial charge on any atom is 0.295 e. The van der Waals surface area contributed by atoms with Crippen molar-refractivity contribution < 1.29 is 4.79 Å². The van der Waals surface area contributed by atoms with Crippen LogP contribution in [0.3, 0.4) is 0 Å². The molecule has 10 heteroatoms. The van der Waals surface area contributed by atoms with Crippen molar-refractivity contribution in [3.63, 3.8) is 0 Å². The third-order valence-corrected chi connectivity index (χ3v) is 11.4. The number of para-hydroxylation sites is 1. The van der Waals surface area contributed by atoms with Crippen LogP contribution in [-0.2, 0) is 13.5 Å². The van der Waals surface area contributed by atoms with Crippen LogP contribution in [0.15, 0.2) is 51.1 Å². The summed E-state index contributed by atoms with van der Waals surface area (Å²) >= 11 is 2.94. The van der Waals surface area contributed by atoms with E-state index >= 15 is 0 Å². The molecule has 0 radical (unpaired) electrons. The molecule has 8 nitrogen and oxygen atoms in total. The van der Waals surface area contributed by atoms with Crippen molar-refractivity contribution in [2.45, 2.75) is 84.3 Å². The highest BCUT2D eigenvalue weighted by molar-refractivity contribution is 7.99. The summed E-state index contributed by atoms with van der Waals surface area (Å²) in [5.41, 5.74) is 5.18. The van der Waals surface area contributed by atoms with E-state index in [1.165, 1.54) is 23.1 Å². The highest BCUT2D eigenvalue weighted by Gasteiger charge is 2.27. The lowest BCUT2D eigenvalue weighted by molar-refractivity contribution is 0.102. The molecule has 44 heavy (non-hydrogen) atoms. The molecule has 0 spiro atoms. The van der Waals surface area contributed by atoms with Crippen molar-refractivity contribution in [2.24, 2.45) is 7.05 Å². The van der Waals surface area contributed by atoms with E-state index in [0.29, 0.717) is 16.4 Å². The summed E-state index contributed by atoms with van der Waals surface area (Å²) in [5, 5.41) is 1.36. The molecule has 1 saturated carbocycles. The minimum Gasteiger partial charge on any atom is -0.311 e. The molecule has 1 aliphatic rings. The van der Waals surface area contributed by atoms with Crippen LogP contribution < -0.4 is 11.1 Å². The molecule has 0 saturated heterocycles. The van der Waals surface area contributed by atoms with Crippen molar-refractivity contribution in [1.29, 1.82) is 0 Å². The molecule has 1 aliphatic carbocycles. The standard InChI is InChI=1S/C34H39N5O3S2/c1-7-28-21(3)29-31(44-28)35-34(38(32(29)41)24-14-10-8-11-15-24)43-19-27(40)26-18-20(2)37(22(26)4)30-23(5)36(6)39(33(30)42)25-16-12-9-13-17-25/h9,12-13,16-18,24H,7-8,10-11,14-15,19H2,1-6H3. The number of ketones is 1. The van der Waals surface area contributed by atoms with Gasteiger partial charge in [0.05, 0.1) is 22.5 Å². The molecular weight excluding hydrogens is 591 g/mol. The molecule has 1 fully saturated rings. The predicted molar refractivity (Wildman–Crippen MR) is 180 cm³/mol. The summed E-state index contributed by atoms with van der Waals surface area (Å²) in [7, 11) is 1.87. The Morgan fingerprint density at radius 2 is 1.70 bits per heavy atom. The monoisotopic (exact) mass is 629 g/mol. The number of carbonyl (C=O) groups is 1. The van der Waals surface area contributed by atoms with E-state index in [1.807, 2.05) is 85.0 Å². The average Bonchev–Trinajstić information content (AvgIpc) is 3.59. The largest absolute Gasteiger partial charge is 0.311 e. The minimum atomic E-state index is -0.141. The second kappa shape index (κ2) is 12.0. The molecule has 0 aliphatic heterocycles. The Morgan fingerprint density at radius 3 is 2.39 bits per heavy atom. The lowest BCUT2D eigenvalue weighted by Crippen LogP contribution is -2.29. The number of aryl methyl sites for hydroxylation is 3. The minimum absolute atomic E-state index is 0.0257. The summed E-state index contributed by atoms with van der Waals surface area (Å²) in [4.78, 5) is 48.5. The zero-order valence-electron chi connectivity index (χ0n) is 26.3. The van der Waals surface area contributed by atoms with Crippen molar-refractivity contribution in [3.8, 4) is 11.4 Å². The number of carbonyl (C=O) groups excluding carboxylic acids is 1. The van der Waals surface area contributed by atoms with Crippen LogP contribution >= 0.6 is 23.1 Å². The Balaban J connectivity index is 1.36. The van der Waals surface area contributed by atoms with Gasteiger partial charge in [0.2, 0.25) is 0 Å². The molecule has 1 aromatic carbocycles. The number of nitrogens with zero attached hydrogens (tertiary/aromatic N) is 5. The van der Waals surface area contributed by atoms with Gasteiger partial charge in [-0.15, -0.1) is 11.3 Å². The third kappa shape index (κ3) is 5.01. The number of hydrogen-bond acceptors (Lipinski definition) is 6. The van der Waals surface area contributed by atoms with Crippen LogP contribution in [0.25, 0.3) is 21.6 Å². The summed E-state index contributed by atoms with van der Waals surface area (Å²) in [6, 6.07) is 11.5. The van der Waals surface area contributed by atoms with E-state index in [1.54, 1.807) is 16.0 Å². The lowest BCUT2D eigenvalue weighted by atomic mass is 9.95. The fourth-order valence-corrected chi connectivity index (χ4v) is 8.84. The highest BCUT2D eigenvalue weighted by atomic mass is 32.2. The van der Waals surface area contributed by atoms with Gasteiger partial charge in [-0.1, -0.05) is 56.1 Å². The Kier molecular flexibility index (Phi) is 8.32. The van der Waals surface area contributed by atoms with Gasteiger partial charge in [-0.05, 0) is 70.7 Å². The topological polar surface area (TPSA) is 83.8 Å². The molecule has 0 unspecified atom stereocenters. The summed E-state index contributed by atoms with van der Waals surface area (Å²) in [5.74, 6) is 0.106. The van der Waals surface area contributed by atoms with Crippen molar-refractivity contribution in [1.82, 2.24) is 23.5 Å². The fraction of sp³-hybridized carbons (Fsp3) is 0.412. The lowest BCUT2D eigenvalue weighted by Gasteiger charge is -2.25. The third-order valence-electron chi connectivity index (χ3n) is 9.14. The maximum atomic E-state index is 14.0. The molecule has 4 aromatic heterocycles. The number of Topliss-reactive ketones (excluding diaryl/α,β-unsaturated/α-hetero) is 1. The van der Waals surface area contributed by atoms with E-state index < -0.39 is 0 Å². The summed E-state index contributed by atoms with van der Waals surface area (Å²) < 4.78 is 7.30. The second-order valence-corrected chi connectivity index (χ2v) is 13.8. The number of rotatable bonds is 8. The Morgan fingerprint density at radius 1 is 1.00 bits per heavy atom. The van der Waals surface area contributed by atoms with Crippen LogP contribution in [0.1, 0.15) is 83.0 Å². The van der Waals surface area contributed by atoms with Crippen molar-refractivity contribution in [2.75, 3.05) is 5.75 Å². The van der Waals surface area contributed by atoms with Gasteiger partial charge in [0.25, 0.3) is 11.1 Å². The number of fused-ring (bicyclic) bond motifs is 1. The Bertz CT molecular complexity index is 2000. The average molecular weight is 630 g/mol. The molecule has 230 valence electrons. The van der Waals surface area contributed by atoms with Crippen LogP contribution in [0, 0.1) is 27.7 Å². The second-order valence-electron chi connectivity index (χ2n) is 11.8. The van der Waals surface area contributed by atoms with Crippen LogP contribution in [0.5, 0.6) is 0 Å². The first kappa shape index (κ1) is 30.4. The number of thioether (sulfide) groups is 1. The zero-order chi connectivity index (χ0) is 31.3. The molecule has 0 amide bonds. The predicted octanol–water partition coefficient (Wildman–Crippen LogP) is 7.01. The van der Waals surface area contributed by atoms with Crippen LogP contribution in [0.2, 0.25) is 0 Å². The van der Waals surface area contributed by atoms with Gasteiger partial charge in [-0.3, -0.25) is 23.6 Å². The molecule has 6 rings (SSSR count). The van der Waals surface area contributed by atoms with Crippen LogP contribution in [-0.4, -0.2) is 35.0 Å². The van der Waals surface area contributed by atoms with Gasteiger partial charge in [-0.25, -0.2) is 9.67 Å². The number of thiophene rings is 1. The SMILES string of the molecule is CCc1sc2nc(SCC(=O)c3cc(C)n(-c4c(C)n(C)n(-c5ccccc5)c4=O)c3C)n(C3CCCCC3)c(=O)c2c1C. The Hall–Kier alpha value is -3.63. The quantitative estimate of drug-likeness (QED) is 0.105. The van der Waals surface area contributed by atoms with Gasteiger partial charge >= 0.3 is 0 Å². The maximum absolute atomic E-state index is 14.0. The summed E-state index contributed by atoms with van der Waals surface area (Å²) in [6.07, 6.45) is 6.15. The van der Waals surface area contributed by atoms with Gasteiger partial charge in [0.1, 0.15) is 10.5 Å². The normalized spacial score (nSPS) is 14.1. The van der Waals surface area contributed by atoms with Crippen LogP contribution in [0.4, 0.5) is 0 Å². The van der Waals surface area contributed by atoms with E-state index in [0.717, 1.165) is 70.7 Å². The Labute approximate surface area is 265 Å². The highest BCUT2D eigenvalue weighted by Crippen LogP contribution is 2.35. The van der Waals surface area contributed by atoms with Gasteiger partial charge < -0.3 is 4.57 Å². The van der Waals surface area contributed by atoms with Gasteiger partial charge in [0.15, 0.2) is 10.9 Å². The number of hydrogen-bond donors (Lipinski definition) is 0. The first-order valence-corrected chi connectivity index (χ1v) is 17.2. The molecule has 0 bridgehead atoms. The molecule has 0 atom stereocenters. The van der Waals surface area contributed by atoms with Gasteiger partial charge in [0, 0.05) is 34.9 Å². The number of benzene rings is 1. The van der Waals surface area contributed by atoms with E-state index in [-0.39, 0.29) is 28.7 Å².